The van der Waals surface area contributed by atoms with Crippen LogP contribution in [0.15, 0.2) is 34.8 Å². The van der Waals surface area contributed by atoms with Crippen LogP contribution in [0.1, 0.15) is 0 Å². The molecule has 1 N–H and O–H groups in total. The predicted octanol–water partition coefficient (Wildman–Crippen LogP) is 2.68. The van der Waals surface area contributed by atoms with Gasteiger partial charge in [-0.1, -0.05) is 0 Å². The molecule has 0 saturated carbocycles. The summed E-state index contributed by atoms with van der Waals surface area (Å²) in [4.78, 5) is 9.99. The van der Waals surface area contributed by atoms with Crippen LogP contribution in [0.2, 0.25) is 0 Å². The van der Waals surface area contributed by atoms with Crippen molar-refractivity contribution >= 4 is 23.7 Å². The molecule has 7 aliphatic rings. The van der Waals surface area contributed by atoms with Crippen molar-refractivity contribution in [2.45, 2.75) is 36.6 Å². The van der Waals surface area contributed by atoms with E-state index in [9.17, 15) is 0 Å². The van der Waals surface area contributed by atoms with Gasteiger partial charge in [0.2, 0.25) is 0 Å². The second-order valence-electron chi connectivity index (χ2n) is 11.1. The Morgan fingerprint density at radius 2 is 1.00 bits per heavy atom. The maximum atomic E-state index is 6.84. The van der Waals surface area contributed by atoms with Gasteiger partial charge in [0.05, 0.1) is 0 Å². The zero-order chi connectivity index (χ0) is 28.8. The molecule has 19 heteroatoms. The van der Waals surface area contributed by atoms with Crippen LogP contribution in [-0.2, 0) is 55.6 Å². The summed E-state index contributed by atoms with van der Waals surface area (Å²) in [6.07, 6.45) is -0.900. The molecule has 0 aromatic heterocycles. The zero-order valence-electron chi connectivity index (χ0n) is 23.4. The summed E-state index contributed by atoms with van der Waals surface area (Å²) in [7, 11) is -9.51. The third kappa shape index (κ3) is 7.22. The average Bonchev–Trinajstić information content (AvgIpc) is 3.86. The Balaban J connectivity index is 1.25. The fraction of sp³-hybridized carbons (Fsp3) is 0.750. The summed E-state index contributed by atoms with van der Waals surface area (Å²) in [5, 5.41) is 0. The molecule has 240 valence electrons. The molecule has 6 fully saturated rings. The minimum absolute atomic E-state index is 0.127. The van der Waals surface area contributed by atoms with Gasteiger partial charge in [0.1, 0.15) is 0 Å². The summed E-state index contributed by atoms with van der Waals surface area (Å²) in [5.41, 5.74) is 0. The van der Waals surface area contributed by atoms with Crippen molar-refractivity contribution in [2.75, 3.05) is 79.3 Å². The quantitative estimate of drug-likeness (QED) is 0.159. The number of ether oxygens (including phenoxy) is 6. The van der Waals surface area contributed by atoms with Crippen molar-refractivity contribution < 1.29 is 60.4 Å². The molecule has 0 amide bonds. The molecule has 7 aliphatic heterocycles. The normalized spacial score (nSPS) is 38.9. The molecule has 6 unspecified atom stereocenters. The zero-order valence-corrected chi connectivity index (χ0v) is 26.1. The number of hydrogen-bond donors (Lipinski definition) is 1. The SMILES string of the molecule is c1ccc(ON2P=NP(OCC3CO3)(OCC3CO3)(OCC3CO3)NP2(OCC2CO2)(OCC2CO2)OCC2CO2)cc1. The van der Waals surface area contributed by atoms with Crippen molar-refractivity contribution in [3.05, 3.63) is 30.3 Å². The summed E-state index contributed by atoms with van der Waals surface area (Å²) in [6, 6.07) is 9.26. The van der Waals surface area contributed by atoms with Crippen LogP contribution in [0.4, 0.5) is 0 Å². The van der Waals surface area contributed by atoms with E-state index in [2.05, 4.69) is 4.86 Å². The minimum atomic E-state index is -4.93. The van der Waals surface area contributed by atoms with E-state index >= 15 is 0 Å². The van der Waals surface area contributed by atoms with Crippen LogP contribution in [0.5, 0.6) is 5.75 Å². The maximum absolute atomic E-state index is 6.84. The molecule has 0 radical (unpaired) electrons. The molecular formula is C24H36N3O13P3. The van der Waals surface area contributed by atoms with E-state index in [1.54, 1.807) is 0 Å². The molecule has 1 aromatic carbocycles. The van der Waals surface area contributed by atoms with E-state index in [4.69, 9.17) is 64.9 Å². The van der Waals surface area contributed by atoms with Crippen molar-refractivity contribution in [1.82, 2.24) is 9.46 Å². The van der Waals surface area contributed by atoms with Gasteiger partial charge in [0.15, 0.2) is 0 Å². The monoisotopic (exact) mass is 667 g/mol. The Kier molecular flexibility index (Phi) is 8.03. The molecule has 0 spiro atoms. The number of nitrogens with zero attached hydrogens (tertiary/aromatic N) is 2. The number of rotatable bonds is 20. The van der Waals surface area contributed by atoms with E-state index in [1.165, 1.54) is 4.60 Å². The van der Waals surface area contributed by atoms with Gasteiger partial charge < -0.3 is 0 Å². The third-order valence-electron chi connectivity index (χ3n) is 7.17. The van der Waals surface area contributed by atoms with Gasteiger partial charge in [0.25, 0.3) is 0 Å². The van der Waals surface area contributed by atoms with Gasteiger partial charge in [-0.2, -0.15) is 0 Å². The van der Waals surface area contributed by atoms with Gasteiger partial charge in [-0.25, -0.2) is 0 Å². The fourth-order valence-electron chi connectivity index (χ4n) is 4.07. The molecule has 6 saturated heterocycles. The van der Waals surface area contributed by atoms with Crippen LogP contribution in [0, 0.1) is 0 Å². The van der Waals surface area contributed by atoms with Gasteiger partial charge in [-0.3, -0.25) is 0 Å². The number of epoxide rings is 6. The van der Waals surface area contributed by atoms with Gasteiger partial charge in [-0.15, -0.1) is 0 Å². The van der Waals surface area contributed by atoms with Gasteiger partial charge in [-0.05, 0) is 0 Å². The molecule has 0 aliphatic carbocycles. The molecule has 1 aromatic rings. The topological polar surface area (TPSA) is 167 Å². The third-order valence-corrected chi connectivity index (χ3v) is 17.1. The van der Waals surface area contributed by atoms with Gasteiger partial charge >= 0.3 is 250 Å². The molecule has 0 bridgehead atoms. The first kappa shape index (κ1) is 29.8. The van der Waals surface area contributed by atoms with E-state index in [1.807, 2.05) is 30.3 Å². The number of benzene rings is 1. The Morgan fingerprint density at radius 3 is 1.37 bits per heavy atom. The van der Waals surface area contributed by atoms with E-state index < -0.39 is 15.2 Å². The first-order valence-electron chi connectivity index (χ1n) is 14.4. The Labute approximate surface area is 250 Å². The molecule has 7 heterocycles. The number of para-hydroxylation sites is 1. The molecule has 8 rings (SSSR count). The first-order valence-corrected chi connectivity index (χ1v) is 19.1. The van der Waals surface area contributed by atoms with E-state index in [-0.39, 0.29) is 84.8 Å². The van der Waals surface area contributed by atoms with Crippen molar-refractivity contribution in [3.63, 3.8) is 0 Å². The van der Waals surface area contributed by atoms with E-state index in [0.29, 0.717) is 45.4 Å². The van der Waals surface area contributed by atoms with Crippen LogP contribution >= 0.6 is 23.7 Å². The Bertz CT molecular complexity index is 1090. The van der Waals surface area contributed by atoms with Gasteiger partial charge in [0, 0.05) is 0 Å². The standard InChI is InChI=1S/C24H36N3O13P3/c1-2-4-18(5-3-1)40-27-41-25-42(34-12-19-6-28-19,35-13-20-7-29-20,36-14-21-8-30-21)26-43(27,37-15-22-9-31-22,38-16-23-10-32-23)39-17-24-11-33-24/h1-5,19-24,26H,6-17H2. The van der Waals surface area contributed by atoms with Crippen LogP contribution in [-0.4, -0.2) is 121 Å². The average molecular weight is 667 g/mol. The van der Waals surface area contributed by atoms with Crippen molar-refractivity contribution in [1.29, 1.82) is 0 Å². The predicted molar refractivity (Wildman–Crippen MR) is 149 cm³/mol. The molecular weight excluding hydrogens is 631 g/mol. The van der Waals surface area contributed by atoms with Crippen molar-refractivity contribution in [2.24, 2.45) is 4.52 Å². The number of nitrogens with one attached hydrogen (secondary N) is 1. The Morgan fingerprint density at radius 1 is 0.628 bits per heavy atom. The molecule has 6 atom stereocenters. The van der Waals surface area contributed by atoms with Crippen molar-refractivity contribution in [3.8, 4) is 5.75 Å². The van der Waals surface area contributed by atoms with Crippen LogP contribution in [0.25, 0.3) is 0 Å². The molecule has 43 heavy (non-hydrogen) atoms. The van der Waals surface area contributed by atoms with Crippen LogP contribution < -0.4 is 9.70 Å². The summed E-state index contributed by atoms with van der Waals surface area (Å²) in [5.74, 6) is 0.513. The van der Waals surface area contributed by atoms with Crippen LogP contribution in [0.3, 0.4) is 0 Å². The molecule has 16 nitrogen and oxygen atoms in total. The second-order valence-corrected chi connectivity index (χ2v) is 18.8. The summed E-state index contributed by atoms with van der Waals surface area (Å²) >= 11 is 0. The fourth-order valence-corrected chi connectivity index (χ4v) is 15.3. The van der Waals surface area contributed by atoms with E-state index in [0.717, 1.165) is 0 Å². The Hall–Kier alpha value is -0.580. The second kappa shape index (κ2) is 11.6. The summed E-state index contributed by atoms with van der Waals surface area (Å²) in [6.45, 7) is 4.09. The summed E-state index contributed by atoms with van der Waals surface area (Å²) < 4.78 is 80.1. The first-order chi connectivity index (χ1) is 21.0. The number of hydrogen-bond acceptors (Lipinski definition) is 16.